The quantitative estimate of drug-likeness (QED) is 0.843. The van der Waals surface area contributed by atoms with Crippen LogP contribution in [-0.4, -0.2) is 43.0 Å². The second-order valence-electron chi connectivity index (χ2n) is 4.82. The molecule has 2 rings (SSSR count). The van der Waals surface area contributed by atoms with Crippen molar-refractivity contribution >= 4 is 11.9 Å². The molecule has 1 amide bonds. The predicted molar refractivity (Wildman–Crippen MR) is 72.3 cm³/mol. The summed E-state index contributed by atoms with van der Waals surface area (Å²) >= 11 is 0. The van der Waals surface area contributed by atoms with Gasteiger partial charge in [-0.2, -0.15) is 0 Å². The molecular weight excluding hydrogens is 260 g/mol. The molecule has 1 fully saturated rings. The summed E-state index contributed by atoms with van der Waals surface area (Å²) in [5.41, 5.74) is 0. The molecular formula is C14H20N2O4. The number of piperazine rings is 1. The van der Waals surface area contributed by atoms with Crippen molar-refractivity contribution in [3.8, 4) is 0 Å². The molecule has 0 saturated carbocycles. The fraction of sp³-hybridized carbons (Fsp3) is 0.571. The van der Waals surface area contributed by atoms with E-state index in [0.29, 0.717) is 12.3 Å². The van der Waals surface area contributed by atoms with Crippen LogP contribution in [0.2, 0.25) is 0 Å². The number of ether oxygens (including phenoxy) is 1. The average molecular weight is 280 g/mol. The monoisotopic (exact) mass is 280 g/mol. The molecule has 2 unspecified atom stereocenters. The van der Waals surface area contributed by atoms with Gasteiger partial charge in [-0.25, -0.2) is 4.79 Å². The second kappa shape index (κ2) is 6.09. The van der Waals surface area contributed by atoms with Crippen LogP contribution in [0.1, 0.15) is 42.6 Å². The number of carbonyl (C=O) groups excluding carboxylic acids is 2. The van der Waals surface area contributed by atoms with Gasteiger partial charge in [0, 0.05) is 13.1 Å². The molecule has 1 N–H and O–H groups in total. The molecule has 1 aromatic heterocycles. The van der Waals surface area contributed by atoms with Gasteiger partial charge in [0.2, 0.25) is 11.7 Å². The number of rotatable bonds is 4. The van der Waals surface area contributed by atoms with Crippen LogP contribution in [0.5, 0.6) is 0 Å². The Labute approximate surface area is 118 Å². The van der Waals surface area contributed by atoms with Crippen molar-refractivity contribution in [2.24, 2.45) is 0 Å². The molecule has 0 aliphatic carbocycles. The summed E-state index contributed by atoms with van der Waals surface area (Å²) in [5.74, 6) is 0.402. The first-order valence-corrected chi connectivity index (χ1v) is 6.80. The highest BCUT2D eigenvalue weighted by atomic mass is 16.5. The molecule has 1 aromatic rings. The van der Waals surface area contributed by atoms with Gasteiger partial charge in [-0.05, 0) is 25.5 Å². The van der Waals surface area contributed by atoms with Crippen LogP contribution < -0.4 is 5.32 Å². The van der Waals surface area contributed by atoms with E-state index in [1.54, 1.807) is 12.1 Å². The minimum Gasteiger partial charge on any atom is -0.463 e. The van der Waals surface area contributed by atoms with Gasteiger partial charge in [0.25, 0.3) is 0 Å². The summed E-state index contributed by atoms with van der Waals surface area (Å²) < 4.78 is 10.2. The van der Waals surface area contributed by atoms with E-state index in [-0.39, 0.29) is 23.8 Å². The summed E-state index contributed by atoms with van der Waals surface area (Å²) in [6.07, 6.45) is 0.737. The van der Waals surface area contributed by atoms with Gasteiger partial charge in [0.05, 0.1) is 19.2 Å². The first-order chi connectivity index (χ1) is 9.58. The minimum atomic E-state index is -0.494. The predicted octanol–water partition coefficient (Wildman–Crippen LogP) is 1.34. The molecule has 1 aliphatic heterocycles. The molecule has 0 aromatic carbocycles. The number of furan rings is 1. The van der Waals surface area contributed by atoms with Crippen molar-refractivity contribution in [2.45, 2.75) is 32.4 Å². The maximum absolute atomic E-state index is 11.9. The standard InChI is InChI=1S/C14H20N2O4/c1-4-10-13(17)15-7-8-16(10)9(2)11-5-6-12(20-11)14(18)19-3/h5-6,9-10H,4,7-8H2,1-3H3,(H,15,17). The van der Waals surface area contributed by atoms with Crippen LogP contribution in [0.4, 0.5) is 0 Å². The van der Waals surface area contributed by atoms with Crippen molar-refractivity contribution in [1.82, 2.24) is 10.2 Å². The van der Waals surface area contributed by atoms with Crippen LogP contribution in [0.15, 0.2) is 16.5 Å². The van der Waals surface area contributed by atoms with Gasteiger partial charge in [-0.1, -0.05) is 6.92 Å². The largest absolute Gasteiger partial charge is 0.463 e. The molecule has 2 heterocycles. The molecule has 0 radical (unpaired) electrons. The fourth-order valence-electron chi connectivity index (χ4n) is 2.57. The normalized spacial score (nSPS) is 21.4. The van der Waals surface area contributed by atoms with Gasteiger partial charge >= 0.3 is 5.97 Å². The van der Waals surface area contributed by atoms with E-state index in [0.717, 1.165) is 13.0 Å². The molecule has 110 valence electrons. The average Bonchev–Trinajstić information content (AvgIpc) is 2.95. The Hall–Kier alpha value is -1.82. The van der Waals surface area contributed by atoms with Crippen LogP contribution in [0.3, 0.4) is 0 Å². The van der Waals surface area contributed by atoms with E-state index in [1.165, 1.54) is 7.11 Å². The number of methoxy groups -OCH3 is 1. The zero-order valence-electron chi connectivity index (χ0n) is 12.0. The van der Waals surface area contributed by atoms with Crippen molar-refractivity contribution in [3.63, 3.8) is 0 Å². The van der Waals surface area contributed by atoms with Crippen LogP contribution in [0, 0.1) is 0 Å². The van der Waals surface area contributed by atoms with Gasteiger partial charge in [0.15, 0.2) is 0 Å². The Morgan fingerprint density at radius 3 is 3.00 bits per heavy atom. The molecule has 1 aliphatic rings. The summed E-state index contributed by atoms with van der Waals surface area (Å²) in [6, 6.07) is 3.13. The highest BCUT2D eigenvalue weighted by molar-refractivity contribution is 5.86. The summed E-state index contributed by atoms with van der Waals surface area (Å²) in [6.45, 7) is 5.35. The van der Waals surface area contributed by atoms with E-state index >= 15 is 0 Å². The van der Waals surface area contributed by atoms with E-state index < -0.39 is 5.97 Å². The van der Waals surface area contributed by atoms with E-state index in [2.05, 4.69) is 15.0 Å². The summed E-state index contributed by atoms with van der Waals surface area (Å²) in [5, 5.41) is 2.87. The molecule has 20 heavy (non-hydrogen) atoms. The number of nitrogens with one attached hydrogen (secondary N) is 1. The van der Waals surface area contributed by atoms with Crippen LogP contribution in [0.25, 0.3) is 0 Å². The van der Waals surface area contributed by atoms with Gasteiger partial charge in [0.1, 0.15) is 5.76 Å². The van der Waals surface area contributed by atoms with Gasteiger partial charge < -0.3 is 14.5 Å². The highest BCUT2D eigenvalue weighted by Crippen LogP contribution is 2.26. The first kappa shape index (κ1) is 14.6. The van der Waals surface area contributed by atoms with Gasteiger partial charge in [-0.15, -0.1) is 0 Å². The number of hydrogen-bond acceptors (Lipinski definition) is 5. The summed E-state index contributed by atoms with van der Waals surface area (Å²) in [7, 11) is 1.32. The molecule has 6 heteroatoms. The number of nitrogens with zero attached hydrogens (tertiary/aromatic N) is 1. The molecule has 1 saturated heterocycles. The lowest BCUT2D eigenvalue weighted by atomic mass is 10.1. The number of hydrogen-bond donors (Lipinski definition) is 1. The Morgan fingerprint density at radius 1 is 1.60 bits per heavy atom. The first-order valence-electron chi connectivity index (χ1n) is 6.80. The smallest absolute Gasteiger partial charge is 0.373 e. The highest BCUT2D eigenvalue weighted by Gasteiger charge is 2.33. The van der Waals surface area contributed by atoms with Crippen molar-refractivity contribution < 1.29 is 18.7 Å². The fourth-order valence-corrected chi connectivity index (χ4v) is 2.57. The minimum absolute atomic E-state index is 0.0466. The Bertz CT molecular complexity index is 497. The lowest BCUT2D eigenvalue weighted by Gasteiger charge is -2.37. The number of carbonyl (C=O) groups is 2. The molecule has 6 nitrogen and oxygen atoms in total. The Kier molecular flexibility index (Phi) is 4.44. The SMILES string of the molecule is CCC1C(=O)NCCN1C(C)c1ccc(C(=O)OC)o1. The Morgan fingerprint density at radius 2 is 2.35 bits per heavy atom. The van der Waals surface area contributed by atoms with Crippen LogP contribution >= 0.6 is 0 Å². The topological polar surface area (TPSA) is 71.8 Å². The van der Waals surface area contributed by atoms with Crippen molar-refractivity contribution in [3.05, 3.63) is 23.7 Å². The summed E-state index contributed by atoms with van der Waals surface area (Å²) in [4.78, 5) is 25.4. The Balaban J connectivity index is 2.17. The van der Waals surface area contributed by atoms with E-state index in [9.17, 15) is 9.59 Å². The lowest BCUT2D eigenvalue weighted by Crippen LogP contribution is -2.55. The number of esters is 1. The molecule has 0 bridgehead atoms. The van der Waals surface area contributed by atoms with Crippen molar-refractivity contribution in [1.29, 1.82) is 0 Å². The third kappa shape index (κ3) is 2.70. The second-order valence-corrected chi connectivity index (χ2v) is 4.82. The van der Waals surface area contributed by atoms with E-state index in [1.807, 2.05) is 13.8 Å². The van der Waals surface area contributed by atoms with Crippen LogP contribution in [-0.2, 0) is 9.53 Å². The lowest BCUT2D eigenvalue weighted by molar-refractivity contribution is -0.130. The zero-order chi connectivity index (χ0) is 14.7. The van der Waals surface area contributed by atoms with Gasteiger partial charge in [-0.3, -0.25) is 9.69 Å². The van der Waals surface area contributed by atoms with Crippen molar-refractivity contribution in [2.75, 3.05) is 20.2 Å². The zero-order valence-corrected chi connectivity index (χ0v) is 12.0. The third-order valence-corrected chi connectivity index (χ3v) is 3.68. The maximum atomic E-state index is 11.9. The third-order valence-electron chi connectivity index (χ3n) is 3.68. The van der Waals surface area contributed by atoms with E-state index in [4.69, 9.17) is 4.42 Å². The molecule has 2 atom stereocenters. The maximum Gasteiger partial charge on any atom is 0.373 e. The number of amides is 1. The molecule has 0 spiro atoms.